The number of rotatable bonds is 10. The highest BCUT2D eigenvalue weighted by Gasteiger charge is 2.22. The van der Waals surface area contributed by atoms with E-state index in [1.165, 1.54) is 24.3 Å². The van der Waals surface area contributed by atoms with Gasteiger partial charge in [-0.3, -0.25) is 9.88 Å². The summed E-state index contributed by atoms with van der Waals surface area (Å²) in [5.74, 6) is 0.208. The molecule has 0 radical (unpaired) electrons. The molecule has 0 spiro atoms. The van der Waals surface area contributed by atoms with Crippen LogP contribution < -0.4 is 4.74 Å². The molecular formula is C31H32ClF2N3O2. The van der Waals surface area contributed by atoms with Gasteiger partial charge in [-0.15, -0.1) is 0 Å². The van der Waals surface area contributed by atoms with Crippen molar-refractivity contribution in [3.05, 3.63) is 107 Å². The summed E-state index contributed by atoms with van der Waals surface area (Å²) in [6.45, 7) is 5.09. The Kier molecular flexibility index (Phi) is 9.04. The van der Waals surface area contributed by atoms with Crippen molar-refractivity contribution in [2.24, 2.45) is 0 Å². The predicted octanol–water partition coefficient (Wildman–Crippen LogP) is 5.75. The number of fused-ring (bicyclic) bond motifs is 1. The first-order chi connectivity index (χ1) is 18.9. The molecule has 0 saturated carbocycles. The van der Waals surface area contributed by atoms with E-state index in [-0.39, 0.29) is 24.2 Å². The quantitative estimate of drug-likeness (QED) is 0.272. The van der Waals surface area contributed by atoms with E-state index in [2.05, 4.69) is 14.8 Å². The number of aliphatic hydroxyl groups excluding tert-OH is 1. The molecule has 1 aromatic heterocycles. The lowest BCUT2D eigenvalue weighted by Gasteiger charge is -2.36. The topological polar surface area (TPSA) is 48.8 Å². The van der Waals surface area contributed by atoms with Gasteiger partial charge in [0.25, 0.3) is 0 Å². The number of β-amino-alcohol motifs (C(OH)–C–C–N with tert-alkyl or cyclic N) is 1. The zero-order chi connectivity index (χ0) is 27.2. The fraction of sp³-hybridized carbons (Fsp3) is 0.323. The Morgan fingerprint density at radius 1 is 0.846 bits per heavy atom. The molecule has 39 heavy (non-hydrogen) atoms. The first-order valence-electron chi connectivity index (χ1n) is 13.3. The second kappa shape index (κ2) is 12.8. The van der Waals surface area contributed by atoms with Gasteiger partial charge in [-0.1, -0.05) is 35.9 Å². The van der Waals surface area contributed by atoms with Crippen molar-refractivity contribution in [1.29, 1.82) is 0 Å². The lowest BCUT2D eigenvalue weighted by Crippen LogP contribution is -2.49. The van der Waals surface area contributed by atoms with E-state index in [9.17, 15) is 13.9 Å². The monoisotopic (exact) mass is 551 g/mol. The van der Waals surface area contributed by atoms with Crippen LogP contribution in [0.1, 0.15) is 23.5 Å². The SMILES string of the molecule is OC(COc1ccnc2cc(Cl)ccc12)CN1CCN(CCC(c2ccc(F)cc2)c2ccc(F)cc2)CC1. The minimum absolute atomic E-state index is 0.0588. The second-order valence-corrected chi connectivity index (χ2v) is 10.5. The number of halogens is 3. The molecule has 1 fully saturated rings. The molecule has 1 aliphatic heterocycles. The molecule has 1 aliphatic rings. The summed E-state index contributed by atoms with van der Waals surface area (Å²) in [5.41, 5.74) is 2.80. The highest BCUT2D eigenvalue weighted by molar-refractivity contribution is 6.31. The van der Waals surface area contributed by atoms with Crippen LogP contribution in [0.2, 0.25) is 5.02 Å². The average molecular weight is 552 g/mol. The molecule has 1 N–H and O–H groups in total. The number of piperazine rings is 1. The number of pyridine rings is 1. The van der Waals surface area contributed by atoms with Crippen LogP contribution in [0.15, 0.2) is 79.0 Å². The Hall–Kier alpha value is -3.10. The van der Waals surface area contributed by atoms with Crippen molar-refractivity contribution in [2.75, 3.05) is 45.9 Å². The van der Waals surface area contributed by atoms with Crippen molar-refractivity contribution >= 4 is 22.5 Å². The molecule has 204 valence electrons. The van der Waals surface area contributed by atoms with E-state index in [0.29, 0.717) is 17.3 Å². The third-order valence-corrected chi connectivity index (χ3v) is 7.54. The molecular weight excluding hydrogens is 520 g/mol. The number of benzene rings is 3. The molecule has 4 aromatic rings. The normalized spacial score (nSPS) is 15.6. The van der Waals surface area contributed by atoms with Gasteiger partial charge >= 0.3 is 0 Å². The average Bonchev–Trinajstić information content (AvgIpc) is 2.94. The van der Waals surface area contributed by atoms with E-state index < -0.39 is 6.10 Å². The molecule has 5 nitrogen and oxygen atoms in total. The van der Waals surface area contributed by atoms with Gasteiger partial charge in [-0.2, -0.15) is 0 Å². The van der Waals surface area contributed by atoms with Gasteiger partial charge in [0.1, 0.15) is 30.1 Å². The van der Waals surface area contributed by atoms with Crippen LogP contribution in [-0.4, -0.2) is 71.9 Å². The standard InChI is InChI=1S/C31H32ClF2N3O2/c32-24-5-10-29-30(19-24)35-13-11-31(29)39-21-27(38)20-37-17-15-36(16-18-37)14-12-28(22-1-6-25(33)7-2-22)23-3-8-26(34)9-4-23/h1-11,13,19,27-28,38H,12,14-18,20-21H2. The summed E-state index contributed by atoms with van der Waals surface area (Å²) >= 11 is 6.06. The van der Waals surface area contributed by atoms with Gasteiger partial charge in [0.15, 0.2) is 0 Å². The minimum atomic E-state index is -0.617. The second-order valence-electron chi connectivity index (χ2n) is 10.0. The molecule has 8 heteroatoms. The lowest BCUT2D eigenvalue weighted by molar-refractivity contribution is 0.0460. The lowest BCUT2D eigenvalue weighted by atomic mass is 9.88. The molecule has 0 aliphatic carbocycles. The van der Waals surface area contributed by atoms with Crippen LogP contribution in [0.4, 0.5) is 8.78 Å². The molecule has 1 saturated heterocycles. The highest BCUT2D eigenvalue weighted by Crippen LogP contribution is 2.29. The van der Waals surface area contributed by atoms with Crippen LogP contribution >= 0.6 is 11.6 Å². The van der Waals surface area contributed by atoms with Gasteiger partial charge in [-0.25, -0.2) is 8.78 Å². The summed E-state index contributed by atoms with van der Waals surface area (Å²) in [6.07, 6.45) is 1.91. The molecule has 0 bridgehead atoms. The first-order valence-corrected chi connectivity index (χ1v) is 13.6. The Labute approximate surface area is 232 Å². The largest absolute Gasteiger partial charge is 0.490 e. The van der Waals surface area contributed by atoms with E-state index in [4.69, 9.17) is 16.3 Å². The van der Waals surface area contributed by atoms with E-state index in [1.807, 2.05) is 30.3 Å². The Morgan fingerprint density at radius 2 is 1.46 bits per heavy atom. The zero-order valence-corrected chi connectivity index (χ0v) is 22.4. The van der Waals surface area contributed by atoms with Crippen LogP contribution in [0, 0.1) is 11.6 Å². The predicted molar refractivity (Wildman–Crippen MR) is 150 cm³/mol. The Morgan fingerprint density at radius 3 is 2.10 bits per heavy atom. The smallest absolute Gasteiger partial charge is 0.130 e. The number of hydrogen-bond donors (Lipinski definition) is 1. The fourth-order valence-electron chi connectivity index (χ4n) is 5.18. The molecule has 5 rings (SSSR count). The van der Waals surface area contributed by atoms with Crippen molar-refractivity contribution in [2.45, 2.75) is 18.4 Å². The highest BCUT2D eigenvalue weighted by atomic mass is 35.5. The summed E-state index contributed by atoms with van der Waals surface area (Å²) in [4.78, 5) is 8.99. The van der Waals surface area contributed by atoms with Crippen molar-refractivity contribution in [1.82, 2.24) is 14.8 Å². The number of hydrogen-bond acceptors (Lipinski definition) is 5. The van der Waals surface area contributed by atoms with E-state index in [0.717, 1.165) is 61.2 Å². The molecule has 2 heterocycles. The van der Waals surface area contributed by atoms with E-state index in [1.54, 1.807) is 24.4 Å². The third kappa shape index (κ3) is 7.31. The number of nitrogens with zero attached hydrogens (tertiary/aromatic N) is 3. The summed E-state index contributed by atoms with van der Waals surface area (Å²) in [6, 6.07) is 20.4. The van der Waals surface area contributed by atoms with Crippen LogP contribution in [0.5, 0.6) is 5.75 Å². The Balaban J connectivity index is 1.10. The van der Waals surface area contributed by atoms with Crippen molar-refractivity contribution in [3.8, 4) is 5.75 Å². The van der Waals surface area contributed by atoms with Gasteiger partial charge < -0.3 is 14.7 Å². The molecule has 3 aromatic carbocycles. The maximum Gasteiger partial charge on any atom is 0.130 e. The fourth-order valence-corrected chi connectivity index (χ4v) is 5.35. The zero-order valence-electron chi connectivity index (χ0n) is 21.6. The number of aliphatic hydroxyl groups is 1. The van der Waals surface area contributed by atoms with Crippen LogP contribution in [0.3, 0.4) is 0 Å². The summed E-state index contributed by atoms with van der Waals surface area (Å²) in [5, 5.41) is 12.1. The maximum absolute atomic E-state index is 13.5. The molecule has 1 unspecified atom stereocenters. The van der Waals surface area contributed by atoms with Crippen molar-refractivity contribution < 1.29 is 18.6 Å². The van der Waals surface area contributed by atoms with Gasteiger partial charge in [0.2, 0.25) is 0 Å². The van der Waals surface area contributed by atoms with E-state index >= 15 is 0 Å². The summed E-state index contributed by atoms with van der Waals surface area (Å²) < 4.78 is 33.0. The molecule has 0 amide bonds. The Bertz CT molecular complexity index is 1320. The number of ether oxygens (including phenoxy) is 1. The molecule has 1 atom stereocenters. The van der Waals surface area contributed by atoms with Gasteiger partial charge in [-0.05, 0) is 72.6 Å². The van der Waals surface area contributed by atoms with Gasteiger partial charge in [0.05, 0.1) is 5.52 Å². The first kappa shape index (κ1) is 27.5. The van der Waals surface area contributed by atoms with Crippen molar-refractivity contribution in [3.63, 3.8) is 0 Å². The van der Waals surface area contributed by atoms with Crippen LogP contribution in [0.25, 0.3) is 10.9 Å². The van der Waals surface area contributed by atoms with Gasteiger partial charge in [0, 0.05) is 55.2 Å². The minimum Gasteiger partial charge on any atom is -0.490 e. The number of aromatic nitrogens is 1. The maximum atomic E-state index is 13.5. The summed E-state index contributed by atoms with van der Waals surface area (Å²) in [7, 11) is 0. The third-order valence-electron chi connectivity index (χ3n) is 7.31. The van der Waals surface area contributed by atoms with Crippen LogP contribution in [-0.2, 0) is 0 Å².